The predicted molar refractivity (Wildman–Crippen MR) is 80.2 cm³/mol. The molecule has 0 aliphatic rings. The predicted octanol–water partition coefficient (Wildman–Crippen LogP) is 4.58. The molecule has 0 radical (unpaired) electrons. The van der Waals surface area contributed by atoms with Crippen molar-refractivity contribution in [2.75, 3.05) is 0 Å². The van der Waals surface area contributed by atoms with Gasteiger partial charge in [-0.2, -0.15) is 0 Å². The topological polar surface area (TPSA) is 22.1 Å². The lowest BCUT2D eigenvalue weighted by Crippen LogP contribution is -1.96. The van der Waals surface area contributed by atoms with Crippen LogP contribution in [-0.2, 0) is 6.61 Å². The monoisotopic (exact) mass is 313 g/mol. The van der Waals surface area contributed by atoms with Crippen molar-refractivity contribution in [2.45, 2.75) is 6.61 Å². The van der Waals surface area contributed by atoms with Crippen LogP contribution < -0.4 is 4.74 Å². The Kier molecular flexibility index (Phi) is 3.47. The zero-order chi connectivity index (χ0) is 13.1. The van der Waals surface area contributed by atoms with E-state index in [0.717, 1.165) is 20.8 Å². The fourth-order valence-corrected chi connectivity index (χ4v) is 2.28. The van der Waals surface area contributed by atoms with Crippen molar-refractivity contribution in [3.05, 3.63) is 70.8 Å². The normalized spacial score (nSPS) is 10.6. The molecule has 19 heavy (non-hydrogen) atoms. The highest BCUT2D eigenvalue weighted by Crippen LogP contribution is 2.22. The van der Waals surface area contributed by atoms with Gasteiger partial charge in [-0.25, -0.2) is 4.98 Å². The molecule has 3 rings (SSSR count). The van der Waals surface area contributed by atoms with Crippen LogP contribution in [0.4, 0.5) is 0 Å². The number of hydrogen-bond acceptors (Lipinski definition) is 2. The van der Waals surface area contributed by atoms with Gasteiger partial charge in [-0.15, -0.1) is 0 Å². The molecule has 0 aliphatic heterocycles. The van der Waals surface area contributed by atoms with Gasteiger partial charge in [-0.3, -0.25) is 0 Å². The minimum absolute atomic E-state index is 0.535. The molecule has 0 saturated carbocycles. The second-order valence-electron chi connectivity index (χ2n) is 4.29. The van der Waals surface area contributed by atoms with Crippen LogP contribution >= 0.6 is 15.9 Å². The number of nitrogens with zero attached hydrogens (tertiary/aromatic N) is 1. The third-order valence-electron chi connectivity index (χ3n) is 2.89. The third-order valence-corrected chi connectivity index (χ3v) is 3.38. The van der Waals surface area contributed by atoms with Crippen LogP contribution in [0.1, 0.15) is 5.56 Å². The number of aromatic nitrogens is 1. The summed E-state index contributed by atoms with van der Waals surface area (Å²) in [4.78, 5) is 4.31. The summed E-state index contributed by atoms with van der Waals surface area (Å²) in [5.41, 5.74) is 1.14. The van der Waals surface area contributed by atoms with Crippen molar-refractivity contribution < 1.29 is 4.74 Å². The number of fused-ring (bicyclic) bond motifs is 1. The van der Waals surface area contributed by atoms with E-state index in [2.05, 4.69) is 27.0 Å². The lowest BCUT2D eigenvalue weighted by Gasteiger charge is -2.06. The van der Waals surface area contributed by atoms with E-state index in [1.165, 1.54) is 0 Å². The molecule has 2 nitrogen and oxygen atoms in total. The fraction of sp³-hybridized carbons (Fsp3) is 0.0625. The minimum atomic E-state index is 0.535. The van der Waals surface area contributed by atoms with E-state index in [4.69, 9.17) is 4.74 Å². The second kappa shape index (κ2) is 5.41. The number of hydrogen-bond donors (Lipinski definition) is 0. The van der Waals surface area contributed by atoms with Crippen molar-refractivity contribution in [1.82, 2.24) is 4.98 Å². The van der Waals surface area contributed by atoms with E-state index < -0.39 is 0 Å². The maximum atomic E-state index is 5.71. The molecule has 1 heterocycles. The first-order chi connectivity index (χ1) is 9.31. The van der Waals surface area contributed by atoms with Gasteiger partial charge in [-0.05, 0) is 23.1 Å². The summed E-state index contributed by atoms with van der Waals surface area (Å²) in [6, 6.07) is 18.1. The molecule has 0 atom stereocenters. The molecule has 3 aromatic rings. The summed E-state index contributed by atoms with van der Waals surface area (Å²) in [7, 11) is 0. The fourth-order valence-electron chi connectivity index (χ4n) is 1.90. The molecule has 94 valence electrons. The first kappa shape index (κ1) is 12.2. The van der Waals surface area contributed by atoms with E-state index in [1.54, 1.807) is 0 Å². The molecule has 0 aliphatic carbocycles. The molecule has 0 amide bonds. The number of pyridine rings is 1. The van der Waals surface area contributed by atoms with Crippen molar-refractivity contribution in [3.8, 4) is 5.88 Å². The Hall–Kier alpha value is -1.87. The van der Waals surface area contributed by atoms with Crippen LogP contribution in [0.2, 0.25) is 0 Å². The van der Waals surface area contributed by atoms with Gasteiger partial charge in [0.15, 0.2) is 0 Å². The maximum Gasteiger partial charge on any atom is 0.214 e. The molecule has 0 bridgehead atoms. The van der Waals surface area contributed by atoms with Gasteiger partial charge in [0.2, 0.25) is 5.88 Å². The number of rotatable bonds is 3. The first-order valence-electron chi connectivity index (χ1n) is 6.03. The van der Waals surface area contributed by atoms with E-state index >= 15 is 0 Å². The molecule has 0 saturated heterocycles. The number of benzene rings is 2. The number of ether oxygens (including phenoxy) is 1. The summed E-state index contributed by atoms with van der Waals surface area (Å²) in [5, 5.41) is 2.22. The highest BCUT2D eigenvalue weighted by atomic mass is 79.9. The largest absolute Gasteiger partial charge is 0.473 e. The van der Waals surface area contributed by atoms with E-state index in [9.17, 15) is 0 Å². The van der Waals surface area contributed by atoms with Crippen LogP contribution in [0, 0.1) is 0 Å². The van der Waals surface area contributed by atoms with E-state index in [-0.39, 0.29) is 0 Å². The summed E-state index contributed by atoms with van der Waals surface area (Å²) in [6.07, 6.45) is 1.84. The Morgan fingerprint density at radius 3 is 2.63 bits per heavy atom. The highest BCUT2D eigenvalue weighted by Gasteiger charge is 2.00. The van der Waals surface area contributed by atoms with E-state index in [1.807, 2.05) is 54.7 Å². The molecule has 3 heteroatoms. The molecule has 1 aromatic heterocycles. The van der Waals surface area contributed by atoms with Crippen LogP contribution in [0.25, 0.3) is 10.8 Å². The summed E-state index contributed by atoms with van der Waals surface area (Å²) in [6.45, 7) is 0.535. The SMILES string of the molecule is Brc1ccc2cnc(OCc3ccccc3)cc2c1. The summed E-state index contributed by atoms with van der Waals surface area (Å²) >= 11 is 3.47. The average Bonchev–Trinajstić information content (AvgIpc) is 2.46. The van der Waals surface area contributed by atoms with Crippen LogP contribution in [0.15, 0.2) is 65.3 Å². The van der Waals surface area contributed by atoms with Gasteiger partial charge < -0.3 is 4.74 Å². The molecule has 0 N–H and O–H groups in total. The molecule has 0 unspecified atom stereocenters. The van der Waals surface area contributed by atoms with Gasteiger partial charge in [0.1, 0.15) is 6.61 Å². The molecular weight excluding hydrogens is 302 g/mol. The van der Waals surface area contributed by atoms with E-state index in [0.29, 0.717) is 12.5 Å². The van der Waals surface area contributed by atoms with Crippen molar-refractivity contribution in [1.29, 1.82) is 0 Å². The average molecular weight is 314 g/mol. The number of halogens is 1. The highest BCUT2D eigenvalue weighted by molar-refractivity contribution is 9.10. The Bertz CT molecular complexity index is 697. The smallest absolute Gasteiger partial charge is 0.214 e. The van der Waals surface area contributed by atoms with Gasteiger partial charge in [0.05, 0.1) is 0 Å². The van der Waals surface area contributed by atoms with Gasteiger partial charge in [0.25, 0.3) is 0 Å². The molecule has 0 fully saturated rings. The zero-order valence-corrected chi connectivity index (χ0v) is 11.8. The Morgan fingerprint density at radius 2 is 1.79 bits per heavy atom. The Balaban J connectivity index is 1.81. The van der Waals surface area contributed by atoms with Gasteiger partial charge in [0, 0.05) is 22.1 Å². The Labute approximate surface area is 120 Å². The van der Waals surface area contributed by atoms with Crippen LogP contribution in [0.5, 0.6) is 5.88 Å². The van der Waals surface area contributed by atoms with Crippen molar-refractivity contribution in [2.24, 2.45) is 0 Å². The van der Waals surface area contributed by atoms with Crippen molar-refractivity contribution >= 4 is 26.7 Å². The Morgan fingerprint density at radius 1 is 0.947 bits per heavy atom. The summed E-state index contributed by atoms with van der Waals surface area (Å²) in [5.74, 6) is 0.648. The van der Waals surface area contributed by atoms with Crippen LogP contribution in [0.3, 0.4) is 0 Å². The standard InChI is InChI=1S/C16H12BrNO/c17-15-7-6-13-10-18-16(9-14(13)8-15)19-11-12-4-2-1-3-5-12/h1-10H,11H2. The minimum Gasteiger partial charge on any atom is -0.473 e. The van der Waals surface area contributed by atoms with Gasteiger partial charge >= 0.3 is 0 Å². The maximum absolute atomic E-state index is 5.71. The van der Waals surface area contributed by atoms with Crippen molar-refractivity contribution in [3.63, 3.8) is 0 Å². The molecule has 2 aromatic carbocycles. The lowest BCUT2D eigenvalue weighted by atomic mass is 10.2. The van der Waals surface area contributed by atoms with Crippen LogP contribution in [-0.4, -0.2) is 4.98 Å². The quantitative estimate of drug-likeness (QED) is 0.706. The van der Waals surface area contributed by atoms with Gasteiger partial charge in [-0.1, -0.05) is 52.3 Å². The molecular formula is C16H12BrNO. The lowest BCUT2D eigenvalue weighted by molar-refractivity contribution is 0.294. The second-order valence-corrected chi connectivity index (χ2v) is 5.20. The summed E-state index contributed by atoms with van der Waals surface area (Å²) < 4.78 is 6.77. The zero-order valence-electron chi connectivity index (χ0n) is 10.2. The molecule has 0 spiro atoms. The first-order valence-corrected chi connectivity index (χ1v) is 6.82. The third kappa shape index (κ3) is 2.93.